The van der Waals surface area contributed by atoms with Crippen LogP contribution in [0.4, 0.5) is 0 Å². The molecule has 1 aliphatic rings. The van der Waals surface area contributed by atoms with Crippen LogP contribution < -0.4 is 5.56 Å². The van der Waals surface area contributed by atoms with Crippen molar-refractivity contribution < 1.29 is 4.79 Å². The van der Waals surface area contributed by atoms with Gasteiger partial charge in [-0.15, -0.1) is 0 Å². The average molecular weight is 444 g/mol. The van der Waals surface area contributed by atoms with Crippen LogP contribution in [-0.4, -0.2) is 53.0 Å². The number of carbonyl (C=O) groups excluding carboxylic acids is 1. The zero-order valence-corrected chi connectivity index (χ0v) is 19.5. The van der Waals surface area contributed by atoms with Crippen LogP contribution >= 0.6 is 0 Å². The van der Waals surface area contributed by atoms with Crippen molar-refractivity contribution >= 4 is 5.91 Å². The Bertz CT molecular complexity index is 1120. The van der Waals surface area contributed by atoms with Crippen LogP contribution in [0.1, 0.15) is 39.9 Å². The number of aryl methyl sites for hydroxylation is 2. The van der Waals surface area contributed by atoms with Crippen LogP contribution in [0.5, 0.6) is 0 Å². The molecule has 2 heterocycles. The topological polar surface area (TPSA) is 45.6 Å². The van der Waals surface area contributed by atoms with E-state index >= 15 is 0 Å². The molecule has 0 atom stereocenters. The van der Waals surface area contributed by atoms with Crippen molar-refractivity contribution in [2.75, 3.05) is 32.7 Å². The van der Waals surface area contributed by atoms with E-state index in [0.29, 0.717) is 19.6 Å². The van der Waals surface area contributed by atoms with Crippen LogP contribution in [0.2, 0.25) is 0 Å². The molecule has 5 heteroatoms. The highest BCUT2D eigenvalue weighted by atomic mass is 16.2. The lowest BCUT2D eigenvalue weighted by molar-refractivity contribution is 0.0759. The molecule has 1 aromatic heterocycles. The molecule has 3 aromatic rings. The van der Waals surface area contributed by atoms with E-state index in [1.807, 2.05) is 36.1 Å². The highest BCUT2D eigenvalue weighted by Gasteiger charge is 2.22. The van der Waals surface area contributed by atoms with Gasteiger partial charge in [0.2, 0.25) is 0 Å². The Hall–Kier alpha value is -3.18. The van der Waals surface area contributed by atoms with E-state index < -0.39 is 0 Å². The number of rotatable bonds is 7. The van der Waals surface area contributed by atoms with Gasteiger partial charge in [0.15, 0.2) is 0 Å². The van der Waals surface area contributed by atoms with Gasteiger partial charge in [0.1, 0.15) is 5.56 Å². The fourth-order valence-corrected chi connectivity index (χ4v) is 4.55. The molecule has 5 nitrogen and oxygen atoms in total. The molecule has 0 unspecified atom stereocenters. The van der Waals surface area contributed by atoms with Gasteiger partial charge < -0.3 is 14.4 Å². The van der Waals surface area contributed by atoms with Gasteiger partial charge in [-0.1, -0.05) is 60.2 Å². The molecule has 33 heavy (non-hydrogen) atoms. The van der Waals surface area contributed by atoms with Crippen molar-refractivity contribution in [3.05, 3.63) is 106 Å². The molecule has 0 radical (unpaired) electrons. The molecule has 1 saturated heterocycles. The molecule has 2 aromatic carbocycles. The Morgan fingerprint density at radius 2 is 1.70 bits per heavy atom. The minimum absolute atomic E-state index is 0.148. The highest BCUT2D eigenvalue weighted by molar-refractivity contribution is 5.93. The Morgan fingerprint density at radius 1 is 0.879 bits per heavy atom. The molecule has 0 saturated carbocycles. The molecule has 172 valence electrons. The number of benzene rings is 2. The predicted molar refractivity (Wildman–Crippen MR) is 133 cm³/mol. The summed E-state index contributed by atoms with van der Waals surface area (Å²) in [4.78, 5) is 30.6. The number of pyridine rings is 1. The third-order valence-corrected chi connectivity index (χ3v) is 6.34. The van der Waals surface area contributed by atoms with Crippen molar-refractivity contribution in [2.24, 2.45) is 0 Å². The fraction of sp³-hybridized carbons (Fsp3) is 0.357. The van der Waals surface area contributed by atoms with Gasteiger partial charge in [-0.3, -0.25) is 9.59 Å². The lowest BCUT2D eigenvalue weighted by Crippen LogP contribution is -2.39. The van der Waals surface area contributed by atoms with Crippen LogP contribution in [0.3, 0.4) is 0 Å². The number of hydrogen-bond acceptors (Lipinski definition) is 3. The normalized spacial score (nSPS) is 14.8. The van der Waals surface area contributed by atoms with Crippen LogP contribution in [0.15, 0.2) is 77.7 Å². The molecule has 0 bridgehead atoms. The Balaban J connectivity index is 1.35. The SMILES string of the molecule is Cc1cccc(Cn2cccc(C(=O)N3CCCN(CCCc4ccccc4)CC3)c2=O)c1. The smallest absolute Gasteiger partial charge is 0.263 e. The van der Waals surface area contributed by atoms with E-state index in [1.54, 1.807) is 22.9 Å². The fourth-order valence-electron chi connectivity index (χ4n) is 4.55. The second kappa shape index (κ2) is 11.1. The number of amides is 1. The summed E-state index contributed by atoms with van der Waals surface area (Å²) in [5.41, 5.74) is 3.64. The summed E-state index contributed by atoms with van der Waals surface area (Å²) < 4.78 is 1.63. The predicted octanol–water partition coefficient (Wildman–Crippen LogP) is 3.99. The third kappa shape index (κ3) is 6.20. The minimum atomic E-state index is -0.215. The molecule has 1 amide bonds. The van der Waals surface area contributed by atoms with Gasteiger partial charge in [0, 0.05) is 25.8 Å². The van der Waals surface area contributed by atoms with Gasteiger partial charge in [0.05, 0.1) is 6.54 Å². The standard InChI is InChI=1S/C28H33N3O2/c1-23-9-5-12-25(21-23)22-31-17-7-14-26(28(31)33)27(32)30-18-8-16-29(19-20-30)15-6-13-24-10-3-2-4-11-24/h2-5,7,9-12,14,17,21H,6,8,13,15-16,18-20,22H2,1H3. The van der Waals surface area contributed by atoms with E-state index in [4.69, 9.17) is 0 Å². The first-order valence-corrected chi connectivity index (χ1v) is 11.9. The molecular formula is C28H33N3O2. The molecular weight excluding hydrogens is 410 g/mol. The lowest BCUT2D eigenvalue weighted by Gasteiger charge is -2.22. The summed E-state index contributed by atoms with van der Waals surface area (Å²) in [6, 6.07) is 22.2. The number of hydrogen-bond donors (Lipinski definition) is 0. The lowest BCUT2D eigenvalue weighted by atomic mass is 10.1. The van der Waals surface area contributed by atoms with Crippen molar-refractivity contribution in [3.8, 4) is 0 Å². The monoisotopic (exact) mass is 443 g/mol. The van der Waals surface area contributed by atoms with E-state index in [2.05, 4.69) is 35.2 Å². The summed E-state index contributed by atoms with van der Waals surface area (Å²) in [7, 11) is 0. The first-order valence-electron chi connectivity index (χ1n) is 11.9. The zero-order chi connectivity index (χ0) is 23.0. The van der Waals surface area contributed by atoms with Crippen LogP contribution in [0, 0.1) is 6.92 Å². The maximum absolute atomic E-state index is 13.2. The van der Waals surface area contributed by atoms with E-state index in [9.17, 15) is 9.59 Å². The number of carbonyl (C=O) groups is 1. The van der Waals surface area contributed by atoms with Gasteiger partial charge in [0.25, 0.3) is 11.5 Å². The summed E-state index contributed by atoms with van der Waals surface area (Å²) in [5, 5.41) is 0. The molecule has 0 N–H and O–H groups in total. The quantitative estimate of drug-likeness (QED) is 0.555. The van der Waals surface area contributed by atoms with E-state index in [0.717, 1.165) is 50.0 Å². The van der Waals surface area contributed by atoms with E-state index in [1.165, 1.54) is 5.56 Å². The highest BCUT2D eigenvalue weighted by Crippen LogP contribution is 2.10. The first kappa shape index (κ1) is 23.0. The maximum Gasteiger partial charge on any atom is 0.263 e. The van der Waals surface area contributed by atoms with Crippen LogP contribution in [0.25, 0.3) is 0 Å². The van der Waals surface area contributed by atoms with Crippen molar-refractivity contribution in [1.29, 1.82) is 0 Å². The van der Waals surface area contributed by atoms with Gasteiger partial charge in [-0.25, -0.2) is 0 Å². The average Bonchev–Trinajstić information content (AvgIpc) is 3.07. The Kier molecular flexibility index (Phi) is 7.74. The van der Waals surface area contributed by atoms with Gasteiger partial charge in [-0.05, 0) is 62.5 Å². The summed E-state index contributed by atoms with van der Waals surface area (Å²) >= 11 is 0. The number of nitrogens with zero attached hydrogens (tertiary/aromatic N) is 3. The van der Waals surface area contributed by atoms with Crippen molar-refractivity contribution in [2.45, 2.75) is 32.7 Å². The summed E-state index contributed by atoms with van der Waals surface area (Å²) in [5.74, 6) is -0.148. The van der Waals surface area contributed by atoms with Crippen molar-refractivity contribution in [3.63, 3.8) is 0 Å². The molecule has 0 spiro atoms. The molecule has 0 aliphatic carbocycles. The second-order valence-corrected chi connectivity index (χ2v) is 8.92. The largest absolute Gasteiger partial charge is 0.337 e. The maximum atomic E-state index is 13.2. The Morgan fingerprint density at radius 3 is 2.52 bits per heavy atom. The minimum Gasteiger partial charge on any atom is -0.337 e. The zero-order valence-electron chi connectivity index (χ0n) is 19.5. The van der Waals surface area contributed by atoms with E-state index in [-0.39, 0.29) is 17.0 Å². The molecule has 1 fully saturated rings. The first-order chi connectivity index (χ1) is 16.1. The van der Waals surface area contributed by atoms with Crippen LogP contribution in [-0.2, 0) is 13.0 Å². The van der Waals surface area contributed by atoms with Gasteiger partial charge in [-0.2, -0.15) is 0 Å². The molecule has 1 aliphatic heterocycles. The van der Waals surface area contributed by atoms with Gasteiger partial charge >= 0.3 is 0 Å². The molecule has 4 rings (SSSR count). The van der Waals surface area contributed by atoms with Crippen molar-refractivity contribution in [1.82, 2.24) is 14.4 Å². The second-order valence-electron chi connectivity index (χ2n) is 8.92. The summed E-state index contributed by atoms with van der Waals surface area (Å²) in [6.07, 6.45) is 4.88. The number of aromatic nitrogens is 1. The summed E-state index contributed by atoms with van der Waals surface area (Å²) in [6.45, 7) is 6.74. The third-order valence-electron chi connectivity index (χ3n) is 6.34. The Labute approximate surface area is 196 Å².